The van der Waals surface area contributed by atoms with Gasteiger partial charge in [-0.2, -0.15) is 5.10 Å². The Morgan fingerprint density at radius 3 is 2.60 bits per heavy atom. The van der Waals surface area contributed by atoms with Crippen LogP contribution in [-0.2, 0) is 16.1 Å². The molecule has 1 aromatic carbocycles. The Balaban J connectivity index is 1.45. The van der Waals surface area contributed by atoms with Crippen LogP contribution in [0.15, 0.2) is 24.3 Å². The second-order valence-electron chi connectivity index (χ2n) is 8.11. The average Bonchev–Trinajstić information content (AvgIpc) is 3.14. The lowest BCUT2D eigenvalue weighted by Gasteiger charge is -2.48. The van der Waals surface area contributed by atoms with Crippen molar-refractivity contribution in [2.24, 2.45) is 0 Å². The normalized spacial score (nSPS) is 19.5. The van der Waals surface area contributed by atoms with E-state index in [2.05, 4.69) is 20.4 Å². The molecule has 1 aromatic heterocycles. The molecule has 1 aliphatic heterocycles. The molecule has 1 saturated carbocycles. The van der Waals surface area contributed by atoms with Crippen LogP contribution in [0.3, 0.4) is 0 Å². The molecule has 2 fully saturated rings. The molecule has 0 spiro atoms. The summed E-state index contributed by atoms with van der Waals surface area (Å²) in [5.41, 5.74) is 0.894. The molecule has 0 atom stereocenters. The molecule has 1 amide bonds. The summed E-state index contributed by atoms with van der Waals surface area (Å²) in [6, 6.07) is 7.34. The number of hydrogen-bond acceptors (Lipinski definition) is 5. The Bertz CT molecular complexity index is 914. The van der Waals surface area contributed by atoms with Gasteiger partial charge >= 0.3 is 0 Å². The quantitative estimate of drug-likeness (QED) is 0.661. The van der Waals surface area contributed by atoms with Crippen LogP contribution in [0.5, 0.6) is 0 Å². The minimum absolute atomic E-state index is 0.0363. The van der Waals surface area contributed by atoms with Crippen LogP contribution in [0.4, 0.5) is 0 Å². The van der Waals surface area contributed by atoms with Crippen LogP contribution in [0, 0.1) is 4.77 Å². The van der Waals surface area contributed by atoms with Crippen molar-refractivity contribution in [3.05, 3.63) is 34.1 Å². The number of hydrogen-bond donors (Lipinski definition) is 2. The molecule has 162 valence electrons. The molecule has 0 bridgehead atoms. The van der Waals surface area contributed by atoms with Gasteiger partial charge in [0.1, 0.15) is 6.54 Å². The van der Waals surface area contributed by atoms with Crippen molar-refractivity contribution < 1.29 is 9.53 Å². The van der Waals surface area contributed by atoms with E-state index in [0.717, 1.165) is 44.7 Å². The fourth-order valence-corrected chi connectivity index (χ4v) is 4.92. The van der Waals surface area contributed by atoms with Crippen molar-refractivity contribution in [3.8, 4) is 11.4 Å². The number of H-pyrrole nitrogens is 1. The molecule has 2 aliphatic rings. The smallest absolute Gasteiger partial charge is 0.240 e. The zero-order valence-corrected chi connectivity index (χ0v) is 18.6. The van der Waals surface area contributed by atoms with E-state index < -0.39 is 0 Å². The number of morpholine rings is 1. The third-order valence-electron chi connectivity index (χ3n) is 6.24. The van der Waals surface area contributed by atoms with Crippen molar-refractivity contribution >= 4 is 29.7 Å². The standard InChI is InChI=1S/C21H28ClN5O2S/c22-17-6-4-16(5-7-17)19-24-25-20(30)27(19)14-18(28)23-15-21(8-2-1-3-9-21)26-10-12-29-13-11-26/h4-7H,1-3,8-15H2,(H,23,28)(H,25,30). The fraction of sp³-hybridized carbons (Fsp3) is 0.571. The zero-order valence-electron chi connectivity index (χ0n) is 17.0. The summed E-state index contributed by atoms with van der Waals surface area (Å²) in [5.74, 6) is 0.577. The highest BCUT2D eigenvalue weighted by atomic mass is 35.5. The van der Waals surface area contributed by atoms with E-state index in [0.29, 0.717) is 22.2 Å². The Hall–Kier alpha value is -1.74. The van der Waals surface area contributed by atoms with Gasteiger partial charge in [-0.3, -0.25) is 19.4 Å². The van der Waals surface area contributed by atoms with Crippen LogP contribution in [0.1, 0.15) is 32.1 Å². The number of nitrogens with one attached hydrogen (secondary N) is 2. The number of halogens is 1. The van der Waals surface area contributed by atoms with E-state index in [1.54, 1.807) is 16.7 Å². The maximum absolute atomic E-state index is 12.9. The van der Waals surface area contributed by atoms with Crippen molar-refractivity contribution in [1.29, 1.82) is 0 Å². The lowest BCUT2D eigenvalue weighted by Crippen LogP contribution is -2.59. The molecule has 7 nitrogen and oxygen atoms in total. The summed E-state index contributed by atoms with van der Waals surface area (Å²) in [4.78, 5) is 15.4. The van der Waals surface area contributed by atoms with Gasteiger partial charge in [0.05, 0.1) is 13.2 Å². The second kappa shape index (κ2) is 9.60. The maximum Gasteiger partial charge on any atom is 0.240 e. The van der Waals surface area contributed by atoms with Gasteiger partial charge in [-0.15, -0.1) is 0 Å². The van der Waals surface area contributed by atoms with Gasteiger partial charge in [-0.25, -0.2) is 0 Å². The number of aromatic amines is 1. The van der Waals surface area contributed by atoms with E-state index in [9.17, 15) is 4.79 Å². The molecule has 0 radical (unpaired) electrons. The minimum Gasteiger partial charge on any atom is -0.379 e. The van der Waals surface area contributed by atoms with Crippen LogP contribution in [0.25, 0.3) is 11.4 Å². The van der Waals surface area contributed by atoms with Gasteiger partial charge < -0.3 is 10.1 Å². The van der Waals surface area contributed by atoms with E-state index in [4.69, 9.17) is 28.6 Å². The van der Waals surface area contributed by atoms with E-state index in [1.165, 1.54) is 19.3 Å². The molecule has 2 aromatic rings. The molecule has 2 heterocycles. The molecular formula is C21H28ClN5O2S. The molecular weight excluding hydrogens is 422 g/mol. The SMILES string of the molecule is O=C(Cn1c(-c2ccc(Cl)cc2)n[nH]c1=S)NCC1(N2CCOCC2)CCCCC1. The van der Waals surface area contributed by atoms with Crippen molar-refractivity contribution in [2.45, 2.75) is 44.2 Å². The Kier molecular flexibility index (Phi) is 6.87. The number of amides is 1. The monoisotopic (exact) mass is 449 g/mol. The molecule has 30 heavy (non-hydrogen) atoms. The van der Waals surface area contributed by atoms with Gasteiger partial charge in [0.25, 0.3) is 0 Å². The van der Waals surface area contributed by atoms with Crippen molar-refractivity contribution in [1.82, 2.24) is 25.0 Å². The first-order valence-corrected chi connectivity index (χ1v) is 11.4. The summed E-state index contributed by atoms with van der Waals surface area (Å²) < 4.78 is 7.70. The van der Waals surface area contributed by atoms with Crippen LogP contribution in [0.2, 0.25) is 5.02 Å². The summed E-state index contributed by atoms with van der Waals surface area (Å²) in [6.07, 6.45) is 5.93. The molecule has 1 saturated heterocycles. The molecule has 1 aliphatic carbocycles. The third kappa shape index (κ3) is 4.77. The zero-order chi connectivity index (χ0) is 21.0. The number of carbonyl (C=O) groups is 1. The largest absolute Gasteiger partial charge is 0.379 e. The first-order valence-electron chi connectivity index (χ1n) is 10.6. The highest BCUT2D eigenvalue weighted by Crippen LogP contribution is 2.34. The summed E-state index contributed by atoms with van der Waals surface area (Å²) >= 11 is 11.4. The minimum atomic E-state index is -0.0547. The van der Waals surface area contributed by atoms with Crippen LogP contribution >= 0.6 is 23.8 Å². The number of nitrogens with zero attached hydrogens (tertiary/aromatic N) is 3. The van der Waals surface area contributed by atoms with Crippen molar-refractivity contribution in [2.75, 3.05) is 32.8 Å². The molecule has 2 N–H and O–H groups in total. The Morgan fingerprint density at radius 2 is 1.90 bits per heavy atom. The van der Waals surface area contributed by atoms with Gasteiger partial charge in [0.15, 0.2) is 10.6 Å². The Labute approximate surface area is 186 Å². The number of aromatic nitrogens is 3. The number of rotatable bonds is 6. The van der Waals surface area contributed by atoms with E-state index >= 15 is 0 Å². The predicted molar refractivity (Wildman–Crippen MR) is 119 cm³/mol. The van der Waals surface area contributed by atoms with E-state index in [1.807, 2.05) is 12.1 Å². The van der Waals surface area contributed by atoms with Gasteiger partial charge in [-0.1, -0.05) is 30.9 Å². The molecule has 9 heteroatoms. The maximum atomic E-state index is 12.9. The van der Waals surface area contributed by atoms with Gasteiger partial charge in [-0.05, 0) is 49.3 Å². The van der Waals surface area contributed by atoms with Crippen LogP contribution < -0.4 is 5.32 Å². The first-order chi connectivity index (χ1) is 14.6. The lowest BCUT2D eigenvalue weighted by atomic mass is 9.79. The first kappa shape index (κ1) is 21.5. The summed E-state index contributed by atoms with van der Waals surface area (Å²) in [7, 11) is 0. The average molecular weight is 450 g/mol. The molecule has 0 unspecified atom stereocenters. The number of benzene rings is 1. The molecule has 4 rings (SSSR count). The van der Waals surface area contributed by atoms with Crippen LogP contribution in [-0.4, -0.2) is 64.0 Å². The van der Waals surface area contributed by atoms with Gasteiger partial charge in [0.2, 0.25) is 5.91 Å². The lowest BCUT2D eigenvalue weighted by molar-refractivity contribution is -0.123. The summed E-state index contributed by atoms with van der Waals surface area (Å²) in [6.45, 7) is 4.20. The van der Waals surface area contributed by atoms with Gasteiger partial charge in [0, 0.05) is 35.8 Å². The topological polar surface area (TPSA) is 75.2 Å². The predicted octanol–water partition coefficient (Wildman–Crippen LogP) is 3.41. The second-order valence-corrected chi connectivity index (χ2v) is 8.93. The number of carbonyl (C=O) groups excluding carboxylic acids is 1. The highest BCUT2D eigenvalue weighted by molar-refractivity contribution is 7.71. The van der Waals surface area contributed by atoms with E-state index in [-0.39, 0.29) is 18.0 Å². The van der Waals surface area contributed by atoms with Crippen molar-refractivity contribution in [3.63, 3.8) is 0 Å². The fourth-order valence-electron chi connectivity index (χ4n) is 4.60. The number of ether oxygens (including phenoxy) is 1. The Morgan fingerprint density at radius 1 is 1.20 bits per heavy atom. The summed E-state index contributed by atoms with van der Waals surface area (Å²) in [5, 5.41) is 11.0. The highest BCUT2D eigenvalue weighted by Gasteiger charge is 2.38. The third-order valence-corrected chi connectivity index (χ3v) is 6.81.